The summed E-state index contributed by atoms with van der Waals surface area (Å²) in [6, 6.07) is 2.56. The molecule has 56 heavy (non-hydrogen) atoms. The number of hydrogen-bond acceptors (Lipinski definition) is 11. The van der Waals surface area contributed by atoms with Gasteiger partial charge in [-0.1, -0.05) is 76.1 Å². The quantitative estimate of drug-likeness (QED) is 0.196. The smallest absolute Gasteiger partial charge is 0.409 e. The Labute approximate surface area is 340 Å². The van der Waals surface area contributed by atoms with E-state index < -0.39 is 65.7 Å². The SMILES string of the molecule is CO[C@@H]1/C=C/C=C(\C)Cc2cc(CO)c(Cl)c(c2)N(C)C(=O)C[C@H](OC(=O)[C@H](C)N(C)C(=O)CCC(C)(C)SC(C)C)[C@]2(C)O[C@H]2[C@H](C)[C@@H]2C[C@@]1(O)NC(=O)O2. The summed E-state index contributed by atoms with van der Waals surface area (Å²) in [6.07, 6.45) is 1.65. The zero-order valence-electron chi connectivity index (χ0n) is 34.5. The average Bonchev–Trinajstić information content (AvgIpc) is 3.82. The van der Waals surface area contributed by atoms with Crippen LogP contribution in [0.15, 0.2) is 35.9 Å². The van der Waals surface area contributed by atoms with Gasteiger partial charge in [0.25, 0.3) is 0 Å². The third kappa shape index (κ3) is 10.7. The first-order valence-electron chi connectivity index (χ1n) is 19.1. The fraction of sp³-hybridized carbons (Fsp3) is 0.659. The molecule has 4 bridgehead atoms. The number of ether oxygens (including phenoxy) is 4. The van der Waals surface area contributed by atoms with Crippen molar-refractivity contribution in [2.75, 3.05) is 26.1 Å². The number of nitrogens with zero attached hydrogens (tertiary/aromatic N) is 2. The van der Waals surface area contributed by atoms with Crippen molar-refractivity contribution < 1.29 is 48.3 Å². The minimum atomic E-state index is -1.84. The van der Waals surface area contributed by atoms with Gasteiger partial charge in [-0.3, -0.25) is 14.9 Å². The molecular formula is C41H60ClN3O10S. The van der Waals surface area contributed by atoms with Crippen LogP contribution in [0.1, 0.15) is 92.2 Å². The van der Waals surface area contributed by atoms with Crippen molar-refractivity contribution in [1.29, 1.82) is 0 Å². The Hall–Kier alpha value is -3.14. The van der Waals surface area contributed by atoms with Crippen molar-refractivity contribution in [3.05, 3.63) is 52.1 Å². The van der Waals surface area contributed by atoms with Gasteiger partial charge in [0.15, 0.2) is 5.72 Å². The van der Waals surface area contributed by atoms with E-state index in [0.29, 0.717) is 29.3 Å². The van der Waals surface area contributed by atoms with Crippen LogP contribution in [0.2, 0.25) is 5.02 Å². The highest BCUT2D eigenvalue weighted by Crippen LogP contribution is 2.49. The molecule has 0 spiro atoms. The van der Waals surface area contributed by atoms with Gasteiger partial charge in [-0.15, -0.1) is 0 Å². The van der Waals surface area contributed by atoms with Crippen molar-refractivity contribution in [3.8, 4) is 0 Å². The monoisotopic (exact) mass is 821 g/mol. The number of allylic oxidation sites excluding steroid dienone is 3. The lowest BCUT2D eigenvalue weighted by Gasteiger charge is -2.42. The maximum atomic E-state index is 14.2. The molecule has 2 fully saturated rings. The highest BCUT2D eigenvalue weighted by Gasteiger charge is 2.64. The van der Waals surface area contributed by atoms with E-state index >= 15 is 0 Å². The van der Waals surface area contributed by atoms with Crippen molar-refractivity contribution >= 4 is 52.9 Å². The molecule has 312 valence electrons. The number of methoxy groups -OCH3 is 1. The van der Waals surface area contributed by atoms with E-state index in [1.54, 1.807) is 70.9 Å². The molecule has 3 amide bonds. The van der Waals surface area contributed by atoms with Crippen molar-refractivity contribution in [1.82, 2.24) is 10.2 Å². The van der Waals surface area contributed by atoms with Crippen LogP contribution in [0, 0.1) is 5.92 Å². The topological polar surface area (TPSA) is 167 Å². The van der Waals surface area contributed by atoms with E-state index in [4.69, 9.17) is 30.5 Å². The number of alkyl carbamates (subject to hydrolysis) is 1. The molecule has 8 atom stereocenters. The van der Waals surface area contributed by atoms with Crippen LogP contribution in [-0.4, -0.2) is 112 Å². The van der Waals surface area contributed by atoms with Crippen LogP contribution in [0.25, 0.3) is 0 Å². The molecule has 0 aliphatic carbocycles. The highest BCUT2D eigenvalue weighted by atomic mass is 35.5. The number of aliphatic hydroxyl groups is 2. The fourth-order valence-electron chi connectivity index (χ4n) is 7.56. The molecule has 4 rings (SSSR count). The van der Waals surface area contributed by atoms with E-state index in [-0.39, 0.29) is 41.5 Å². The number of esters is 1. The Morgan fingerprint density at radius 1 is 1.23 bits per heavy atom. The lowest BCUT2D eigenvalue weighted by molar-refractivity contribution is -0.162. The third-order valence-corrected chi connectivity index (χ3v) is 12.8. The first-order chi connectivity index (χ1) is 26.0. The molecule has 2 saturated heterocycles. The van der Waals surface area contributed by atoms with E-state index in [1.165, 1.54) is 16.9 Å². The van der Waals surface area contributed by atoms with Gasteiger partial charge in [0.05, 0.1) is 29.8 Å². The van der Waals surface area contributed by atoms with Crippen LogP contribution in [0.5, 0.6) is 0 Å². The summed E-state index contributed by atoms with van der Waals surface area (Å²) in [4.78, 5) is 57.0. The number of fused-ring (bicyclic) bond motifs is 5. The summed E-state index contributed by atoms with van der Waals surface area (Å²) in [7, 11) is 4.55. The van der Waals surface area contributed by atoms with Gasteiger partial charge in [0, 0.05) is 44.7 Å². The molecule has 3 aliphatic rings. The molecule has 0 saturated carbocycles. The number of nitrogens with one attached hydrogen (secondary N) is 1. The van der Waals surface area contributed by atoms with E-state index in [9.17, 15) is 29.4 Å². The second-order valence-electron chi connectivity index (χ2n) is 16.4. The second-order valence-corrected chi connectivity index (χ2v) is 19.1. The van der Waals surface area contributed by atoms with Gasteiger partial charge >= 0.3 is 12.1 Å². The number of carbonyl (C=O) groups excluding carboxylic acids is 4. The molecule has 13 nitrogen and oxygen atoms in total. The Bertz CT molecular complexity index is 1700. The number of likely N-dealkylation sites (N-methyl/N-ethyl adjacent to an activating group) is 1. The zero-order chi connectivity index (χ0) is 41.9. The molecule has 15 heteroatoms. The first kappa shape index (κ1) is 45.6. The van der Waals surface area contributed by atoms with Crippen LogP contribution in [0.3, 0.4) is 0 Å². The molecule has 0 aromatic heterocycles. The summed E-state index contributed by atoms with van der Waals surface area (Å²) in [5, 5.41) is 25.1. The van der Waals surface area contributed by atoms with Gasteiger partial charge in [-0.2, -0.15) is 11.8 Å². The number of halogens is 1. The summed E-state index contributed by atoms with van der Waals surface area (Å²) < 4.78 is 23.6. The molecule has 3 heterocycles. The largest absolute Gasteiger partial charge is 0.457 e. The van der Waals surface area contributed by atoms with Crippen LogP contribution in [0.4, 0.5) is 10.5 Å². The zero-order valence-corrected chi connectivity index (χ0v) is 36.1. The van der Waals surface area contributed by atoms with Crippen molar-refractivity contribution in [2.24, 2.45) is 5.92 Å². The maximum absolute atomic E-state index is 14.2. The number of rotatable bonds is 10. The number of carbonyl (C=O) groups is 4. The summed E-state index contributed by atoms with van der Waals surface area (Å²) >= 11 is 8.54. The number of benzene rings is 1. The Balaban J connectivity index is 1.70. The number of hydrogen-bond donors (Lipinski definition) is 3. The van der Waals surface area contributed by atoms with Crippen LogP contribution in [-0.2, 0) is 46.4 Å². The molecule has 0 radical (unpaired) electrons. The number of amides is 3. The summed E-state index contributed by atoms with van der Waals surface area (Å²) in [6.45, 7) is 15.0. The van der Waals surface area contributed by atoms with Gasteiger partial charge in [-0.05, 0) is 56.1 Å². The average molecular weight is 822 g/mol. The third-order valence-electron chi connectivity index (χ3n) is 11.1. The predicted octanol–water partition coefficient (Wildman–Crippen LogP) is 5.70. The molecule has 1 aromatic carbocycles. The normalized spacial score (nSPS) is 30.7. The van der Waals surface area contributed by atoms with E-state index in [2.05, 4.69) is 33.0 Å². The maximum Gasteiger partial charge on any atom is 0.409 e. The fourth-order valence-corrected chi connectivity index (χ4v) is 9.35. The number of epoxide rings is 1. The number of thioether (sulfide) groups is 1. The lowest BCUT2D eigenvalue weighted by atomic mass is 9.83. The molecule has 1 aromatic rings. The molecule has 0 unspecified atom stereocenters. The van der Waals surface area contributed by atoms with Gasteiger partial charge in [-0.25, -0.2) is 9.59 Å². The number of aliphatic hydroxyl groups excluding tert-OH is 1. The minimum Gasteiger partial charge on any atom is -0.457 e. The van der Waals surface area contributed by atoms with Crippen LogP contribution < -0.4 is 10.2 Å². The Morgan fingerprint density at radius 2 is 1.91 bits per heavy atom. The van der Waals surface area contributed by atoms with E-state index in [1.807, 2.05) is 13.0 Å². The van der Waals surface area contributed by atoms with Gasteiger partial charge in [0.1, 0.15) is 30.0 Å². The first-order valence-corrected chi connectivity index (χ1v) is 20.4. The Morgan fingerprint density at radius 3 is 2.54 bits per heavy atom. The Kier molecular flexibility index (Phi) is 14.8. The molecule has 3 aliphatic heterocycles. The number of anilines is 1. The lowest BCUT2D eigenvalue weighted by Crippen LogP contribution is -2.63. The molecule has 3 N–H and O–H groups in total. The predicted molar refractivity (Wildman–Crippen MR) is 216 cm³/mol. The van der Waals surface area contributed by atoms with Crippen molar-refractivity contribution in [2.45, 2.75) is 146 Å². The minimum absolute atomic E-state index is 0.0573. The second kappa shape index (κ2) is 18.2. The standard InChI is InChI=1S/C41H60ClN3O10S/c1-23(2)56-39(6,7)16-15-33(47)44(9)26(5)37(49)54-32-20-34(48)45(10)29-19-27(18-28(22-46)35(29)42)17-24(3)13-12-14-31(52-11)41(51)21-30(53-38(50)43-41)25(4)36-40(32,8)55-36/h12-14,18-19,23,25-26,30-32,36,46,51H,15-17,20-22H2,1-11H3,(H,43,50)/b14-12+,24-13+/t25-,26+,30+,31-,32+,36+,40+,41+/m1/s1. The molecular weight excluding hydrogens is 762 g/mol. The van der Waals surface area contributed by atoms with E-state index in [0.717, 1.165) is 11.1 Å². The highest BCUT2D eigenvalue weighted by molar-refractivity contribution is 8.01. The van der Waals surface area contributed by atoms with Crippen LogP contribution >= 0.6 is 23.4 Å². The summed E-state index contributed by atoms with van der Waals surface area (Å²) in [5.41, 5.74) is -0.592. The van der Waals surface area contributed by atoms with Crippen molar-refractivity contribution in [3.63, 3.8) is 0 Å². The van der Waals surface area contributed by atoms with Gasteiger partial charge in [0.2, 0.25) is 11.8 Å². The van der Waals surface area contributed by atoms with Gasteiger partial charge < -0.3 is 39.0 Å². The summed E-state index contributed by atoms with van der Waals surface area (Å²) in [5.74, 6) is -1.92.